The zero-order chi connectivity index (χ0) is 12.9. The van der Waals surface area contributed by atoms with Crippen molar-refractivity contribution >= 4 is 0 Å². The van der Waals surface area contributed by atoms with Gasteiger partial charge < -0.3 is 5.73 Å². The number of likely N-dealkylation sites (N-methyl/N-ethyl adjacent to an activating group) is 1. The summed E-state index contributed by atoms with van der Waals surface area (Å²) in [5, 5.41) is 0. The lowest BCUT2D eigenvalue weighted by molar-refractivity contribution is 0.0708. The first kappa shape index (κ1) is 15.9. The van der Waals surface area contributed by atoms with Crippen molar-refractivity contribution < 1.29 is 0 Å². The van der Waals surface area contributed by atoms with Gasteiger partial charge in [0.2, 0.25) is 0 Å². The minimum absolute atomic E-state index is 0.141. The lowest BCUT2D eigenvalue weighted by Crippen LogP contribution is -2.54. The highest BCUT2D eigenvalue weighted by atomic mass is 15.2. The minimum atomic E-state index is 0.141. The molecule has 0 aliphatic heterocycles. The maximum Gasteiger partial charge on any atom is 0.0305 e. The van der Waals surface area contributed by atoms with E-state index in [2.05, 4.69) is 53.5 Å². The van der Waals surface area contributed by atoms with Gasteiger partial charge in [0.1, 0.15) is 0 Å². The molecular formula is C14H32N2. The molecule has 0 heterocycles. The predicted molar refractivity (Wildman–Crippen MR) is 73.6 cm³/mol. The van der Waals surface area contributed by atoms with E-state index in [9.17, 15) is 0 Å². The molecular weight excluding hydrogens is 196 g/mol. The lowest BCUT2D eigenvalue weighted by atomic mass is 9.87. The van der Waals surface area contributed by atoms with Gasteiger partial charge in [0.15, 0.2) is 0 Å². The van der Waals surface area contributed by atoms with Gasteiger partial charge in [0.25, 0.3) is 0 Å². The summed E-state index contributed by atoms with van der Waals surface area (Å²) in [6.07, 6.45) is 2.41. The summed E-state index contributed by atoms with van der Waals surface area (Å²) in [4.78, 5) is 2.48. The van der Waals surface area contributed by atoms with Crippen molar-refractivity contribution in [2.24, 2.45) is 17.6 Å². The minimum Gasteiger partial charge on any atom is -0.329 e. The van der Waals surface area contributed by atoms with Gasteiger partial charge in [-0.15, -0.1) is 0 Å². The van der Waals surface area contributed by atoms with Gasteiger partial charge in [-0.1, -0.05) is 27.7 Å². The molecule has 0 aromatic heterocycles. The Kier molecular flexibility index (Phi) is 6.57. The highest BCUT2D eigenvalue weighted by molar-refractivity contribution is 4.89. The zero-order valence-corrected chi connectivity index (χ0v) is 12.4. The number of hydrogen-bond donors (Lipinski definition) is 1. The van der Waals surface area contributed by atoms with Crippen molar-refractivity contribution in [3.8, 4) is 0 Å². The number of nitrogens with zero attached hydrogens (tertiary/aromatic N) is 1. The molecule has 0 aliphatic carbocycles. The van der Waals surface area contributed by atoms with Gasteiger partial charge in [0.05, 0.1) is 0 Å². The van der Waals surface area contributed by atoms with E-state index in [1.165, 1.54) is 12.8 Å². The molecule has 0 spiro atoms. The molecule has 0 aromatic carbocycles. The van der Waals surface area contributed by atoms with E-state index in [0.29, 0.717) is 12.0 Å². The van der Waals surface area contributed by atoms with E-state index in [0.717, 1.165) is 12.5 Å². The molecule has 2 atom stereocenters. The van der Waals surface area contributed by atoms with Gasteiger partial charge in [0, 0.05) is 18.1 Å². The van der Waals surface area contributed by atoms with Gasteiger partial charge in [-0.25, -0.2) is 0 Å². The fraction of sp³-hybridized carbons (Fsp3) is 1.00. The number of hydrogen-bond acceptors (Lipinski definition) is 2. The normalized spacial score (nSPS) is 18.2. The van der Waals surface area contributed by atoms with Crippen LogP contribution in [-0.4, -0.2) is 30.1 Å². The van der Waals surface area contributed by atoms with Crippen molar-refractivity contribution in [2.45, 2.75) is 66.0 Å². The zero-order valence-electron chi connectivity index (χ0n) is 12.4. The molecule has 2 nitrogen and oxygen atoms in total. The van der Waals surface area contributed by atoms with Crippen molar-refractivity contribution in [3.63, 3.8) is 0 Å². The van der Waals surface area contributed by atoms with Crippen LogP contribution >= 0.6 is 0 Å². The largest absolute Gasteiger partial charge is 0.329 e. The molecule has 0 amide bonds. The van der Waals surface area contributed by atoms with E-state index in [4.69, 9.17) is 5.73 Å². The lowest BCUT2D eigenvalue weighted by Gasteiger charge is -2.43. The van der Waals surface area contributed by atoms with Gasteiger partial charge in [-0.3, -0.25) is 4.90 Å². The predicted octanol–water partition coefficient (Wildman–Crippen LogP) is 3.12. The molecule has 0 bridgehead atoms. The topological polar surface area (TPSA) is 29.3 Å². The number of nitrogens with two attached hydrogens (primary N) is 1. The summed E-state index contributed by atoms with van der Waals surface area (Å²) in [5.41, 5.74) is 6.12. The molecule has 0 rings (SSSR count). The first-order valence-electron chi connectivity index (χ1n) is 6.66. The standard InChI is InChI=1S/C14H32N2/c1-11(2)8-13(5)16(7)14(6,10-15)9-12(3)4/h11-13H,8-10,15H2,1-7H3. The maximum atomic E-state index is 5.98. The smallest absolute Gasteiger partial charge is 0.0305 e. The second-order valence-corrected chi connectivity index (χ2v) is 6.39. The van der Waals surface area contributed by atoms with Crippen molar-refractivity contribution in [1.82, 2.24) is 4.90 Å². The van der Waals surface area contributed by atoms with Crippen molar-refractivity contribution in [3.05, 3.63) is 0 Å². The summed E-state index contributed by atoms with van der Waals surface area (Å²) >= 11 is 0. The Morgan fingerprint density at radius 1 is 1.06 bits per heavy atom. The SMILES string of the molecule is CC(C)CC(C)N(C)C(C)(CN)CC(C)C. The third-order valence-corrected chi connectivity index (χ3v) is 3.61. The molecule has 0 fully saturated rings. The Bertz CT molecular complexity index is 189. The molecule has 2 N–H and O–H groups in total. The average Bonchev–Trinajstić information content (AvgIpc) is 2.14. The molecule has 0 saturated heterocycles. The second-order valence-electron chi connectivity index (χ2n) is 6.39. The Balaban J connectivity index is 4.55. The van der Waals surface area contributed by atoms with Gasteiger partial charge >= 0.3 is 0 Å². The monoisotopic (exact) mass is 228 g/mol. The van der Waals surface area contributed by atoms with Crippen molar-refractivity contribution in [1.29, 1.82) is 0 Å². The Hall–Kier alpha value is -0.0800. The quantitative estimate of drug-likeness (QED) is 0.725. The molecule has 0 radical (unpaired) electrons. The molecule has 0 aliphatic rings. The molecule has 2 heteroatoms. The average molecular weight is 228 g/mol. The summed E-state index contributed by atoms with van der Waals surface area (Å²) in [7, 11) is 2.22. The molecule has 16 heavy (non-hydrogen) atoms. The summed E-state index contributed by atoms with van der Waals surface area (Å²) < 4.78 is 0. The van der Waals surface area contributed by atoms with Crippen LogP contribution in [0.1, 0.15) is 54.4 Å². The van der Waals surface area contributed by atoms with Gasteiger partial charge in [-0.2, -0.15) is 0 Å². The Morgan fingerprint density at radius 2 is 1.56 bits per heavy atom. The van der Waals surface area contributed by atoms with Crippen molar-refractivity contribution in [2.75, 3.05) is 13.6 Å². The van der Waals surface area contributed by atoms with E-state index in [-0.39, 0.29) is 5.54 Å². The van der Waals surface area contributed by atoms with Crippen LogP contribution in [0.15, 0.2) is 0 Å². The number of rotatable bonds is 7. The van der Waals surface area contributed by atoms with E-state index in [1.807, 2.05) is 0 Å². The molecule has 2 unspecified atom stereocenters. The van der Waals surface area contributed by atoms with Gasteiger partial charge in [-0.05, 0) is 45.6 Å². The van der Waals surface area contributed by atoms with Crippen LogP contribution < -0.4 is 5.73 Å². The molecule has 0 aromatic rings. The van der Waals surface area contributed by atoms with Crippen LogP contribution in [0.3, 0.4) is 0 Å². The summed E-state index contributed by atoms with van der Waals surface area (Å²) in [5.74, 6) is 1.45. The fourth-order valence-electron chi connectivity index (χ4n) is 2.62. The molecule has 98 valence electrons. The van der Waals surface area contributed by atoms with E-state index in [1.54, 1.807) is 0 Å². The highest BCUT2D eigenvalue weighted by Crippen LogP contribution is 2.25. The van der Waals surface area contributed by atoms with Crippen LogP contribution in [0, 0.1) is 11.8 Å². The summed E-state index contributed by atoms with van der Waals surface area (Å²) in [6, 6.07) is 0.604. The van der Waals surface area contributed by atoms with E-state index >= 15 is 0 Å². The molecule has 0 saturated carbocycles. The van der Waals surface area contributed by atoms with E-state index < -0.39 is 0 Å². The Labute approximate surface area is 103 Å². The fourth-order valence-corrected chi connectivity index (χ4v) is 2.62. The maximum absolute atomic E-state index is 5.98. The third kappa shape index (κ3) is 4.84. The second kappa shape index (κ2) is 6.61. The third-order valence-electron chi connectivity index (χ3n) is 3.61. The Morgan fingerprint density at radius 3 is 1.88 bits per heavy atom. The van der Waals surface area contributed by atoms with Crippen LogP contribution in [0.5, 0.6) is 0 Å². The highest BCUT2D eigenvalue weighted by Gasteiger charge is 2.31. The summed E-state index contributed by atoms with van der Waals surface area (Å²) in [6.45, 7) is 14.5. The van der Waals surface area contributed by atoms with Crippen LogP contribution in [-0.2, 0) is 0 Å². The van der Waals surface area contributed by atoms with Crippen LogP contribution in [0.4, 0.5) is 0 Å². The van der Waals surface area contributed by atoms with Crippen LogP contribution in [0.2, 0.25) is 0 Å². The van der Waals surface area contributed by atoms with Crippen LogP contribution in [0.25, 0.3) is 0 Å². The first-order chi connectivity index (χ1) is 7.23. The first-order valence-corrected chi connectivity index (χ1v) is 6.66.